The molecule has 4 nitrogen and oxygen atoms in total. The third-order valence-corrected chi connectivity index (χ3v) is 5.71. The largest absolute Gasteiger partial charge is 0.509 e. The summed E-state index contributed by atoms with van der Waals surface area (Å²) in [5.74, 6) is 0.772. The molecule has 0 radical (unpaired) electrons. The molecule has 0 aromatic rings. The van der Waals surface area contributed by atoms with Crippen LogP contribution in [0.25, 0.3) is 0 Å². The molecule has 0 heterocycles. The lowest BCUT2D eigenvalue weighted by Gasteiger charge is -2.27. The van der Waals surface area contributed by atoms with Gasteiger partial charge in [-0.3, -0.25) is 4.79 Å². The van der Waals surface area contributed by atoms with Gasteiger partial charge in [0.25, 0.3) is 0 Å². The first-order chi connectivity index (χ1) is 7.64. The summed E-state index contributed by atoms with van der Waals surface area (Å²) in [4.78, 5) is 11.6. The molecule has 0 aromatic heterocycles. The van der Waals surface area contributed by atoms with E-state index in [0.29, 0.717) is 19.8 Å². The van der Waals surface area contributed by atoms with E-state index in [1.165, 1.54) is 11.8 Å². The SMILES string of the molecule is CCO[Si](CC(=O)SCC)(OCC)OCC. The molecule has 0 unspecified atom stereocenters. The molecule has 0 aliphatic carbocycles. The van der Waals surface area contributed by atoms with E-state index < -0.39 is 8.80 Å². The highest BCUT2D eigenvalue weighted by atomic mass is 32.2. The first-order valence-electron chi connectivity index (χ1n) is 5.71. The van der Waals surface area contributed by atoms with Crippen LogP contribution in [0.15, 0.2) is 0 Å². The molecule has 0 fully saturated rings. The Balaban J connectivity index is 4.51. The summed E-state index contributed by atoms with van der Waals surface area (Å²) < 4.78 is 16.8. The van der Waals surface area contributed by atoms with Crippen molar-refractivity contribution in [2.45, 2.75) is 33.7 Å². The van der Waals surface area contributed by atoms with Crippen molar-refractivity contribution < 1.29 is 18.1 Å². The quantitative estimate of drug-likeness (QED) is 0.599. The molecule has 6 heteroatoms. The van der Waals surface area contributed by atoms with Gasteiger partial charge >= 0.3 is 8.80 Å². The standard InChI is InChI=1S/C10H22O4SSi/c1-5-12-16(13-6-2,14-7-3)9-10(11)15-8-4/h5-9H2,1-4H3. The second-order valence-corrected chi connectivity index (χ2v) is 6.87. The number of hydrogen-bond donors (Lipinski definition) is 0. The number of thioether (sulfide) groups is 1. The molecule has 0 saturated heterocycles. The fourth-order valence-corrected chi connectivity index (χ4v) is 4.82. The Morgan fingerprint density at radius 1 is 1.00 bits per heavy atom. The number of rotatable bonds is 9. The molecule has 0 aliphatic heterocycles. The highest BCUT2D eigenvalue weighted by Gasteiger charge is 2.42. The first kappa shape index (κ1) is 16.1. The Bertz CT molecular complexity index is 184. The van der Waals surface area contributed by atoms with Crippen LogP contribution in [-0.2, 0) is 18.1 Å². The normalized spacial score (nSPS) is 11.8. The lowest BCUT2D eigenvalue weighted by Crippen LogP contribution is -2.47. The van der Waals surface area contributed by atoms with E-state index in [4.69, 9.17) is 13.3 Å². The second-order valence-electron chi connectivity index (χ2n) is 2.96. The molecule has 0 N–H and O–H groups in total. The van der Waals surface area contributed by atoms with Crippen molar-refractivity contribution in [1.82, 2.24) is 0 Å². The number of hydrogen-bond acceptors (Lipinski definition) is 5. The van der Waals surface area contributed by atoms with Gasteiger partial charge in [-0.15, -0.1) is 0 Å². The maximum Gasteiger partial charge on any atom is 0.509 e. The van der Waals surface area contributed by atoms with Crippen LogP contribution in [0.5, 0.6) is 0 Å². The van der Waals surface area contributed by atoms with Gasteiger partial charge in [0.2, 0.25) is 0 Å². The van der Waals surface area contributed by atoms with Gasteiger partial charge in [0.05, 0.1) is 6.04 Å². The lowest BCUT2D eigenvalue weighted by atomic mass is 10.9. The molecular formula is C10H22O4SSi. The highest BCUT2D eigenvalue weighted by molar-refractivity contribution is 8.13. The van der Waals surface area contributed by atoms with E-state index in [2.05, 4.69) is 0 Å². The molecule has 0 aliphatic rings. The zero-order valence-electron chi connectivity index (χ0n) is 10.6. The fraction of sp³-hybridized carbons (Fsp3) is 0.900. The van der Waals surface area contributed by atoms with Crippen LogP contribution in [0.4, 0.5) is 0 Å². The minimum atomic E-state index is -2.77. The summed E-state index contributed by atoms with van der Waals surface area (Å²) >= 11 is 1.29. The van der Waals surface area contributed by atoms with E-state index >= 15 is 0 Å². The van der Waals surface area contributed by atoms with Gasteiger partial charge in [-0.05, 0) is 26.5 Å². The van der Waals surface area contributed by atoms with Crippen molar-refractivity contribution in [3.05, 3.63) is 0 Å². The van der Waals surface area contributed by atoms with Crippen molar-refractivity contribution in [3.8, 4) is 0 Å². The topological polar surface area (TPSA) is 44.8 Å². The van der Waals surface area contributed by atoms with Crippen LogP contribution in [0.2, 0.25) is 6.04 Å². The van der Waals surface area contributed by atoms with Gasteiger partial charge < -0.3 is 13.3 Å². The van der Waals surface area contributed by atoms with Gasteiger partial charge in [0.15, 0.2) is 5.12 Å². The molecule has 96 valence electrons. The van der Waals surface area contributed by atoms with Gasteiger partial charge in [-0.25, -0.2) is 0 Å². The Kier molecular flexibility index (Phi) is 9.25. The Hall–Kier alpha value is 0.117. The Morgan fingerprint density at radius 2 is 1.44 bits per heavy atom. The molecule has 0 amide bonds. The minimum absolute atomic E-state index is 0.0875. The zero-order chi connectivity index (χ0) is 12.4. The van der Waals surface area contributed by atoms with E-state index in [0.717, 1.165) is 5.75 Å². The summed E-state index contributed by atoms with van der Waals surface area (Å²) in [6, 6.07) is 0.265. The Morgan fingerprint density at radius 3 is 1.75 bits per heavy atom. The van der Waals surface area contributed by atoms with Crippen LogP contribution >= 0.6 is 11.8 Å². The van der Waals surface area contributed by atoms with Crippen LogP contribution in [0, 0.1) is 0 Å². The van der Waals surface area contributed by atoms with Crippen LogP contribution < -0.4 is 0 Å². The van der Waals surface area contributed by atoms with Gasteiger partial charge in [-0.1, -0.05) is 18.7 Å². The maximum atomic E-state index is 11.6. The monoisotopic (exact) mass is 266 g/mol. The van der Waals surface area contributed by atoms with E-state index in [-0.39, 0.29) is 11.2 Å². The summed E-state index contributed by atoms with van der Waals surface area (Å²) in [7, 11) is -2.77. The molecule has 0 atom stereocenters. The average molecular weight is 266 g/mol. The van der Waals surface area contributed by atoms with Crippen molar-refractivity contribution >= 4 is 25.7 Å². The van der Waals surface area contributed by atoms with E-state index in [1.807, 2.05) is 27.7 Å². The van der Waals surface area contributed by atoms with Crippen LogP contribution in [0.3, 0.4) is 0 Å². The average Bonchev–Trinajstić information content (AvgIpc) is 2.18. The van der Waals surface area contributed by atoms with Crippen molar-refractivity contribution in [2.24, 2.45) is 0 Å². The van der Waals surface area contributed by atoms with Crippen molar-refractivity contribution in [1.29, 1.82) is 0 Å². The van der Waals surface area contributed by atoms with Crippen molar-refractivity contribution in [2.75, 3.05) is 25.6 Å². The molecular weight excluding hydrogens is 244 g/mol. The number of carbonyl (C=O) groups is 1. The third-order valence-electron chi connectivity index (χ3n) is 1.76. The van der Waals surface area contributed by atoms with Crippen LogP contribution in [0.1, 0.15) is 27.7 Å². The van der Waals surface area contributed by atoms with Crippen LogP contribution in [-0.4, -0.2) is 39.5 Å². The fourth-order valence-electron chi connectivity index (χ4n) is 1.33. The summed E-state index contributed by atoms with van der Waals surface area (Å²) in [6.45, 7) is 9.14. The van der Waals surface area contributed by atoms with E-state index in [9.17, 15) is 4.79 Å². The molecule has 0 spiro atoms. The summed E-state index contributed by atoms with van der Waals surface area (Å²) in [5, 5.41) is 0.0875. The highest BCUT2D eigenvalue weighted by Crippen LogP contribution is 2.20. The smallest absolute Gasteiger partial charge is 0.373 e. The van der Waals surface area contributed by atoms with Gasteiger partial charge in [0.1, 0.15) is 0 Å². The Labute approximate surface area is 103 Å². The summed E-state index contributed by atoms with van der Waals surface area (Å²) in [6.07, 6.45) is 0. The summed E-state index contributed by atoms with van der Waals surface area (Å²) in [5.41, 5.74) is 0. The predicted molar refractivity (Wildman–Crippen MR) is 68.6 cm³/mol. The maximum absolute atomic E-state index is 11.6. The van der Waals surface area contributed by atoms with Crippen molar-refractivity contribution in [3.63, 3.8) is 0 Å². The predicted octanol–water partition coefficient (Wildman–Crippen LogP) is 2.31. The molecule has 0 bridgehead atoms. The molecule has 16 heavy (non-hydrogen) atoms. The molecule has 0 saturated carbocycles. The molecule has 0 aromatic carbocycles. The van der Waals surface area contributed by atoms with E-state index in [1.54, 1.807) is 0 Å². The third kappa shape index (κ3) is 6.00. The van der Waals surface area contributed by atoms with Gasteiger partial charge in [0, 0.05) is 19.8 Å². The molecule has 0 rings (SSSR count). The minimum Gasteiger partial charge on any atom is -0.373 e. The number of carbonyl (C=O) groups excluding carboxylic acids is 1. The second kappa shape index (κ2) is 9.18. The zero-order valence-corrected chi connectivity index (χ0v) is 12.4. The van der Waals surface area contributed by atoms with Gasteiger partial charge in [-0.2, -0.15) is 0 Å². The lowest BCUT2D eigenvalue weighted by molar-refractivity contribution is -0.110. The first-order valence-corrected chi connectivity index (χ1v) is 8.63.